The molecular formula is C16H15BrN2OS. The monoisotopic (exact) mass is 362 g/mol. The van der Waals surface area contributed by atoms with Crippen LogP contribution in [0.5, 0.6) is 0 Å². The summed E-state index contributed by atoms with van der Waals surface area (Å²) >= 11 is 8.39. The second kappa shape index (κ2) is 6.37. The third-order valence-corrected chi connectivity index (χ3v) is 4.29. The zero-order valence-corrected chi connectivity index (χ0v) is 14.1. The molecule has 0 aliphatic rings. The van der Waals surface area contributed by atoms with Gasteiger partial charge in [-0.1, -0.05) is 46.3 Å². The number of thiocarbonyl (C=S) groups is 1. The standard InChI is InChI=1S/C16H15BrN2OS/c1-9-3-6-12(7-13(9)17)16(20)19-14-8-11(15(18)21)5-4-10(14)2/h3-8H,1-2H3,(H2,18,21)(H,19,20). The van der Waals surface area contributed by atoms with Gasteiger partial charge in [-0.3, -0.25) is 4.79 Å². The summed E-state index contributed by atoms with van der Waals surface area (Å²) in [6, 6.07) is 11.0. The molecule has 21 heavy (non-hydrogen) atoms. The fourth-order valence-corrected chi connectivity index (χ4v) is 2.34. The maximum absolute atomic E-state index is 12.3. The minimum Gasteiger partial charge on any atom is -0.389 e. The highest BCUT2D eigenvalue weighted by Gasteiger charge is 2.10. The van der Waals surface area contributed by atoms with Gasteiger partial charge in [-0.15, -0.1) is 0 Å². The van der Waals surface area contributed by atoms with Crippen LogP contribution < -0.4 is 11.1 Å². The maximum atomic E-state index is 12.3. The topological polar surface area (TPSA) is 55.1 Å². The predicted molar refractivity (Wildman–Crippen MR) is 93.9 cm³/mol. The molecule has 0 saturated carbocycles. The van der Waals surface area contributed by atoms with Crippen molar-refractivity contribution in [1.82, 2.24) is 0 Å². The van der Waals surface area contributed by atoms with E-state index in [2.05, 4.69) is 21.2 Å². The van der Waals surface area contributed by atoms with Gasteiger partial charge in [0.25, 0.3) is 5.91 Å². The van der Waals surface area contributed by atoms with E-state index < -0.39 is 0 Å². The molecule has 108 valence electrons. The Hall–Kier alpha value is -1.72. The summed E-state index contributed by atoms with van der Waals surface area (Å²) in [6.45, 7) is 3.89. The highest BCUT2D eigenvalue weighted by molar-refractivity contribution is 9.10. The lowest BCUT2D eigenvalue weighted by molar-refractivity contribution is 0.102. The van der Waals surface area contributed by atoms with Gasteiger partial charge in [0.2, 0.25) is 0 Å². The lowest BCUT2D eigenvalue weighted by atomic mass is 10.1. The first-order valence-electron chi connectivity index (χ1n) is 6.36. The number of aryl methyl sites for hydroxylation is 2. The number of carbonyl (C=O) groups excluding carboxylic acids is 1. The Morgan fingerprint density at radius 1 is 1.10 bits per heavy atom. The third-order valence-electron chi connectivity index (χ3n) is 3.20. The van der Waals surface area contributed by atoms with Crippen molar-refractivity contribution < 1.29 is 4.79 Å². The smallest absolute Gasteiger partial charge is 0.255 e. The van der Waals surface area contributed by atoms with Crippen molar-refractivity contribution in [3.05, 3.63) is 63.1 Å². The van der Waals surface area contributed by atoms with Crippen LogP contribution in [0, 0.1) is 13.8 Å². The van der Waals surface area contributed by atoms with Crippen LogP contribution in [0.4, 0.5) is 5.69 Å². The molecule has 5 heteroatoms. The Kier molecular flexibility index (Phi) is 4.75. The molecule has 2 rings (SSSR count). The van der Waals surface area contributed by atoms with E-state index in [1.54, 1.807) is 18.2 Å². The highest BCUT2D eigenvalue weighted by Crippen LogP contribution is 2.21. The Balaban J connectivity index is 2.28. The molecule has 0 atom stereocenters. The Labute approximate surface area is 137 Å². The summed E-state index contributed by atoms with van der Waals surface area (Å²) < 4.78 is 0.906. The van der Waals surface area contributed by atoms with Gasteiger partial charge in [-0.05, 0) is 43.2 Å². The molecule has 0 aromatic heterocycles. The van der Waals surface area contributed by atoms with Gasteiger partial charge in [0.15, 0.2) is 0 Å². The van der Waals surface area contributed by atoms with E-state index >= 15 is 0 Å². The molecule has 0 aliphatic carbocycles. The molecule has 0 radical (unpaired) electrons. The van der Waals surface area contributed by atoms with Crippen LogP contribution in [0.25, 0.3) is 0 Å². The van der Waals surface area contributed by atoms with E-state index in [4.69, 9.17) is 18.0 Å². The van der Waals surface area contributed by atoms with Crippen molar-refractivity contribution in [2.24, 2.45) is 5.73 Å². The van der Waals surface area contributed by atoms with Crippen LogP contribution in [0.15, 0.2) is 40.9 Å². The van der Waals surface area contributed by atoms with Crippen LogP contribution in [0.2, 0.25) is 0 Å². The number of carbonyl (C=O) groups is 1. The van der Waals surface area contributed by atoms with Gasteiger partial charge < -0.3 is 11.1 Å². The number of anilines is 1. The Morgan fingerprint density at radius 2 is 1.71 bits per heavy atom. The number of halogens is 1. The average molecular weight is 363 g/mol. The van der Waals surface area contributed by atoms with Gasteiger partial charge in [-0.2, -0.15) is 0 Å². The number of nitrogens with one attached hydrogen (secondary N) is 1. The number of amides is 1. The first-order valence-corrected chi connectivity index (χ1v) is 7.56. The fourth-order valence-electron chi connectivity index (χ4n) is 1.84. The van der Waals surface area contributed by atoms with Gasteiger partial charge in [-0.25, -0.2) is 0 Å². The number of nitrogens with two attached hydrogens (primary N) is 1. The van der Waals surface area contributed by atoms with Crippen molar-refractivity contribution in [3.8, 4) is 0 Å². The summed E-state index contributed by atoms with van der Waals surface area (Å²) in [7, 11) is 0. The molecule has 0 spiro atoms. The largest absolute Gasteiger partial charge is 0.389 e. The van der Waals surface area contributed by atoms with E-state index in [-0.39, 0.29) is 5.91 Å². The second-order valence-electron chi connectivity index (χ2n) is 4.81. The molecule has 2 aromatic rings. The lowest BCUT2D eigenvalue weighted by Crippen LogP contribution is -2.15. The molecule has 0 unspecified atom stereocenters. The first kappa shape index (κ1) is 15.7. The summed E-state index contributed by atoms with van der Waals surface area (Å²) in [4.78, 5) is 12.6. The van der Waals surface area contributed by atoms with Crippen LogP contribution in [0.1, 0.15) is 27.0 Å². The Bertz CT molecular complexity index is 728. The number of hydrogen-bond acceptors (Lipinski definition) is 2. The van der Waals surface area contributed by atoms with Crippen molar-refractivity contribution in [1.29, 1.82) is 0 Å². The number of benzene rings is 2. The minimum absolute atomic E-state index is 0.168. The first-order chi connectivity index (χ1) is 9.88. The van der Waals surface area contributed by atoms with Crippen molar-refractivity contribution in [3.63, 3.8) is 0 Å². The maximum Gasteiger partial charge on any atom is 0.255 e. The van der Waals surface area contributed by atoms with E-state index in [1.807, 2.05) is 32.0 Å². The molecule has 0 bridgehead atoms. The zero-order chi connectivity index (χ0) is 15.6. The molecule has 2 aromatic carbocycles. The minimum atomic E-state index is -0.168. The molecule has 0 saturated heterocycles. The molecule has 0 fully saturated rings. The molecule has 3 N–H and O–H groups in total. The molecule has 1 amide bonds. The molecular weight excluding hydrogens is 348 g/mol. The highest BCUT2D eigenvalue weighted by atomic mass is 79.9. The third kappa shape index (κ3) is 3.68. The van der Waals surface area contributed by atoms with Gasteiger partial charge >= 0.3 is 0 Å². The molecule has 0 aliphatic heterocycles. The van der Waals surface area contributed by atoms with Gasteiger partial charge in [0.1, 0.15) is 4.99 Å². The summed E-state index contributed by atoms with van der Waals surface area (Å²) in [5, 5.41) is 2.89. The molecule has 0 heterocycles. The van der Waals surface area contributed by atoms with Crippen LogP contribution in [-0.2, 0) is 0 Å². The lowest BCUT2D eigenvalue weighted by Gasteiger charge is -2.11. The summed E-state index contributed by atoms with van der Waals surface area (Å²) in [6.07, 6.45) is 0. The van der Waals surface area contributed by atoms with E-state index in [9.17, 15) is 4.79 Å². The average Bonchev–Trinajstić information content (AvgIpc) is 2.43. The van der Waals surface area contributed by atoms with E-state index in [1.165, 1.54) is 0 Å². The SMILES string of the molecule is Cc1ccc(C(=O)Nc2cc(C(N)=S)ccc2C)cc1Br. The van der Waals surface area contributed by atoms with Gasteiger partial charge in [0, 0.05) is 21.3 Å². The predicted octanol–water partition coefficient (Wildman–Crippen LogP) is 3.95. The van der Waals surface area contributed by atoms with Crippen LogP contribution >= 0.6 is 28.1 Å². The fraction of sp³-hybridized carbons (Fsp3) is 0.125. The number of hydrogen-bond donors (Lipinski definition) is 2. The number of rotatable bonds is 3. The Morgan fingerprint density at radius 3 is 2.33 bits per heavy atom. The van der Waals surface area contributed by atoms with Crippen molar-refractivity contribution >= 4 is 44.7 Å². The van der Waals surface area contributed by atoms with Crippen molar-refractivity contribution in [2.45, 2.75) is 13.8 Å². The second-order valence-corrected chi connectivity index (χ2v) is 6.11. The summed E-state index contributed by atoms with van der Waals surface area (Å²) in [5.41, 5.74) is 9.69. The zero-order valence-electron chi connectivity index (χ0n) is 11.7. The normalized spacial score (nSPS) is 10.2. The quantitative estimate of drug-likeness (QED) is 0.812. The van der Waals surface area contributed by atoms with Crippen LogP contribution in [-0.4, -0.2) is 10.9 Å². The molecule has 3 nitrogen and oxygen atoms in total. The van der Waals surface area contributed by atoms with Crippen molar-refractivity contribution in [2.75, 3.05) is 5.32 Å². The van der Waals surface area contributed by atoms with Crippen LogP contribution in [0.3, 0.4) is 0 Å². The van der Waals surface area contributed by atoms with E-state index in [0.29, 0.717) is 16.2 Å². The summed E-state index contributed by atoms with van der Waals surface area (Å²) in [5.74, 6) is -0.168. The van der Waals surface area contributed by atoms with Gasteiger partial charge in [0.05, 0.1) is 0 Å². The van der Waals surface area contributed by atoms with E-state index in [0.717, 1.165) is 21.2 Å².